The Bertz CT molecular complexity index is 847. The minimum absolute atomic E-state index is 0.0621. The van der Waals surface area contributed by atoms with E-state index in [0.717, 1.165) is 18.6 Å². The van der Waals surface area contributed by atoms with E-state index in [0.29, 0.717) is 71.6 Å². The second-order valence-corrected chi connectivity index (χ2v) is 9.93. The molecule has 0 saturated carbocycles. The molecule has 7 heteroatoms. The molecule has 41 heavy (non-hydrogen) atoms. The number of ether oxygens (including phenoxy) is 6. The summed E-state index contributed by atoms with van der Waals surface area (Å²) in [5.74, 6) is -0.0621. The van der Waals surface area contributed by atoms with E-state index in [1.54, 1.807) is 12.1 Å². The lowest BCUT2D eigenvalue weighted by Gasteiger charge is -2.17. The van der Waals surface area contributed by atoms with Crippen molar-refractivity contribution in [2.45, 2.75) is 64.4 Å². The lowest BCUT2D eigenvalue weighted by Crippen LogP contribution is -2.19. The maximum absolute atomic E-state index is 13.0. The summed E-state index contributed by atoms with van der Waals surface area (Å²) in [6.07, 6.45) is 9.84. The number of unbranched alkanes of at least 4 members (excludes halogenated alkanes) is 7. The Morgan fingerprint density at radius 2 is 0.927 bits per heavy atom. The van der Waals surface area contributed by atoms with Crippen LogP contribution < -0.4 is 0 Å². The lowest BCUT2D eigenvalue weighted by atomic mass is 10.00. The van der Waals surface area contributed by atoms with E-state index in [1.165, 1.54) is 44.9 Å². The number of hydrogen-bond acceptors (Lipinski definition) is 7. The third-order valence-electron chi connectivity index (χ3n) is 6.54. The summed E-state index contributed by atoms with van der Waals surface area (Å²) in [5.41, 5.74) is 1.46. The molecule has 0 aliphatic rings. The van der Waals surface area contributed by atoms with Crippen LogP contribution in [0.25, 0.3) is 0 Å². The van der Waals surface area contributed by atoms with Gasteiger partial charge < -0.3 is 28.4 Å². The summed E-state index contributed by atoms with van der Waals surface area (Å²) < 4.78 is 33.8. The molecule has 0 spiro atoms. The highest BCUT2D eigenvalue weighted by molar-refractivity contribution is 6.00. The molecule has 2 aromatic carbocycles. The van der Waals surface area contributed by atoms with Crippen molar-refractivity contribution in [2.75, 3.05) is 72.7 Å². The molecule has 0 aliphatic heterocycles. The standard InChI is InChI=1S/C34H52O7/c1-2-3-4-5-6-7-8-15-20-36-21-22-37-23-24-38-25-26-39-27-28-40-29-30-41-34(32-18-13-10-14-19-32)33(35)31-16-11-9-12-17-31/h9-14,16-19,34H,2-8,15,20-30H2,1H3. The Balaban J connectivity index is 1.35. The molecule has 0 amide bonds. The fraction of sp³-hybridized carbons (Fsp3) is 0.618. The predicted molar refractivity (Wildman–Crippen MR) is 163 cm³/mol. The van der Waals surface area contributed by atoms with Crippen molar-refractivity contribution in [3.05, 3.63) is 71.8 Å². The zero-order chi connectivity index (χ0) is 29.1. The number of benzene rings is 2. The summed E-state index contributed by atoms with van der Waals surface area (Å²) in [5, 5.41) is 0. The molecule has 0 radical (unpaired) electrons. The van der Waals surface area contributed by atoms with Crippen molar-refractivity contribution < 1.29 is 33.2 Å². The molecule has 0 aliphatic carbocycles. The van der Waals surface area contributed by atoms with Crippen LogP contribution in [-0.4, -0.2) is 78.5 Å². The first-order chi connectivity index (χ1) is 20.3. The molecule has 0 heterocycles. The Hall–Kier alpha value is -2.13. The normalized spacial score (nSPS) is 12.0. The molecule has 2 rings (SSSR count). The van der Waals surface area contributed by atoms with Gasteiger partial charge in [-0.2, -0.15) is 0 Å². The minimum Gasteiger partial charge on any atom is -0.379 e. The SMILES string of the molecule is CCCCCCCCCCOCCOCCOCCOCCOCCOC(C(=O)c1ccccc1)c1ccccc1. The summed E-state index contributed by atoms with van der Waals surface area (Å²) in [6, 6.07) is 18.8. The maximum atomic E-state index is 13.0. The highest BCUT2D eigenvalue weighted by atomic mass is 16.6. The van der Waals surface area contributed by atoms with Crippen LogP contribution in [0, 0.1) is 0 Å². The molecule has 0 bridgehead atoms. The Labute approximate surface area is 247 Å². The first-order valence-corrected chi connectivity index (χ1v) is 15.5. The van der Waals surface area contributed by atoms with Crippen molar-refractivity contribution in [1.82, 2.24) is 0 Å². The van der Waals surface area contributed by atoms with Gasteiger partial charge in [0.15, 0.2) is 5.78 Å². The Morgan fingerprint density at radius 3 is 1.44 bits per heavy atom. The van der Waals surface area contributed by atoms with Gasteiger partial charge in [-0.25, -0.2) is 0 Å². The van der Waals surface area contributed by atoms with Gasteiger partial charge in [-0.15, -0.1) is 0 Å². The van der Waals surface area contributed by atoms with Crippen LogP contribution in [0.2, 0.25) is 0 Å². The summed E-state index contributed by atoms with van der Waals surface area (Å²) >= 11 is 0. The van der Waals surface area contributed by atoms with Crippen LogP contribution in [0.3, 0.4) is 0 Å². The van der Waals surface area contributed by atoms with Gasteiger partial charge in [0.25, 0.3) is 0 Å². The van der Waals surface area contributed by atoms with Crippen LogP contribution in [0.1, 0.15) is 80.3 Å². The van der Waals surface area contributed by atoms with Gasteiger partial charge in [0.1, 0.15) is 6.10 Å². The fourth-order valence-corrected chi connectivity index (χ4v) is 4.25. The molecule has 7 nitrogen and oxygen atoms in total. The zero-order valence-electron chi connectivity index (χ0n) is 25.1. The van der Waals surface area contributed by atoms with Crippen LogP contribution in [-0.2, 0) is 28.4 Å². The predicted octanol–water partition coefficient (Wildman–Crippen LogP) is 6.85. The van der Waals surface area contributed by atoms with Gasteiger partial charge in [-0.1, -0.05) is 113 Å². The number of ketones is 1. The van der Waals surface area contributed by atoms with E-state index >= 15 is 0 Å². The summed E-state index contributed by atoms with van der Waals surface area (Å²) in [4.78, 5) is 13.0. The van der Waals surface area contributed by atoms with Crippen molar-refractivity contribution >= 4 is 5.78 Å². The molecule has 0 N–H and O–H groups in total. The smallest absolute Gasteiger partial charge is 0.196 e. The molecule has 1 atom stereocenters. The number of carbonyl (C=O) groups is 1. The number of hydrogen-bond donors (Lipinski definition) is 0. The first kappa shape index (κ1) is 35.1. The van der Waals surface area contributed by atoms with E-state index in [2.05, 4.69) is 6.92 Å². The summed E-state index contributed by atoms with van der Waals surface area (Å²) in [6.45, 7) is 8.05. The van der Waals surface area contributed by atoms with E-state index in [4.69, 9.17) is 28.4 Å². The highest BCUT2D eigenvalue weighted by Gasteiger charge is 2.22. The third kappa shape index (κ3) is 18.1. The monoisotopic (exact) mass is 572 g/mol. The first-order valence-electron chi connectivity index (χ1n) is 15.5. The van der Waals surface area contributed by atoms with Gasteiger partial charge >= 0.3 is 0 Å². The molecule has 1 unspecified atom stereocenters. The van der Waals surface area contributed by atoms with E-state index in [9.17, 15) is 4.79 Å². The maximum Gasteiger partial charge on any atom is 0.196 e. The molecule has 2 aromatic rings. The molecule has 0 saturated heterocycles. The van der Waals surface area contributed by atoms with Crippen LogP contribution in [0.4, 0.5) is 0 Å². The average Bonchev–Trinajstić information content (AvgIpc) is 3.01. The topological polar surface area (TPSA) is 72.5 Å². The fourth-order valence-electron chi connectivity index (χ4n) is 4.25. The molecule has 0 fully saturated rings. The van der Waals surface area contributed by atoms with Crippen LogP contribution >= 0.6 is 0 Å². The van der Waals surface area contributed by atoms with Crippen molar-refractivity contribution in [1.29, 1.82) is 0 Å². The zero-order valence-corrected chi connectivity index (χ0v) is 25.1. The lowest BCUT2D eigenvalue weighted by molar-refractivity contribution is -0.0228. The third-order valence-corrected chi connectivity index (χ3v) is 6.54. The number of carbonyl (C=O) groups excluding carboxylic acids is 1. The van der Waals surface area contributed by atoms with Gasteiger partial charge in [-0.05, 0) is 12.0 Å². The molecule has 230 valence electrons. The minimum atomic E-state index is -0.660. The van der Waals surface area contributed by atoms with Crippen molar-refractivity contribution in [3.8, 4) is 0 Å². The molecular formula is C34H52O7. The van der Waals surface area contributed by atoms with E-state index in [-0.39, 0.29) is 5.78 Å². The van der Waals surface area contributed by atoms with Crippen LogP contribution in [0.5, 0.6) is 0 Å². The van der Waals surface area contributed by atoms with Gasteiger partial charge in [0.05, 0.1) is 66.1 Å². The number of Topliss-reactive ketones (excluding diaryl/α,β-unsaturated/α-hetero) is 1. The average molecular weight is 573 g/mol. The number of rotatable bonds is 28. The van der Waals surface area contributed by atoms with Crippen molar-refractivity contribution in [3.63, 3.8) is 0 Å². The van der Waals surface area contributed by atoms with Gasteiger partial charge in [-0.3, -0.25) is 4.79 Å². The Morgan fingerprint density at radius 1 is 0.512 bits per heavy atom. The van der Waals surface area contributed by atoms with Gasteiger partial charge in [0, 0.05) is 12.2 Å². The van der Waals surface area contributed by atoms with Crippen molar-refractivity contribution in [2.24, 2.45) is 0 Å². The second-order valence-electron chi connectivity index (χ2n) is 9.93. The second kappa shape index (κ2) is 25.6. The molecule has 0 aromatic heterocycles. The van der Waals surface area contributed by atoms with E-state index in [1.807, 2.05) is 48.5 Å². The van der Waals surface area contributed by atoms with Crippen LogP contribution in [0.15, 0.2) is 60.7 Å². The quantitative estimate of drug-likeness (QED) is 0.0815. The highest BCUT2D eigenvalue weighted by Crippen LogP contribution is 2.22. The Kier molecular flexibility index (Phi) is 21.9. The van der Waals surface area contributed by atoms with Gasteiger partial charge in [0.2, 0.25) is 0 Å². The van der Waals surface area contributed by atoms with E-state index < -0.39 is 6.10 Å². The molecular weight excluding hydrogens is 520 g/mol. The largest absolute Gasteiger partial charge is 0.379 e. The summed E-state index contributed by atoms with van der Waals surface area (Å²) in [7, 11) is 0.